The Morgan fingerprint density at radius 3 is 2.81 bits per heavy atom. The molecule has 1 heterocycles. The van der Waals surface area contributed by atoms with Crippen LogP contribution in [0.5, 0.6) is 0 Å². The van der Waals surface area contributed by atoms with Crippen molar-refractivity contribution in [1.82, 2.24) is 10.2 Å². The standard InChI is InChI=1S/C19H24BrF2N3O2/c1-13-7-16(17(26)9-14(10-23)11-25(2)3)24-6-4-5-15(20)18(8-13)27-12-19(21)22/h5,7-8,11,13,19,24H,4,6,9,12H2,1-3H3/b14-11-,15-5+,16-7-,18-8?. The molecule has 0 aromatic rings. The highest BCUT2D eigenvalue weighted by Gasteiger charge is 2.16. The first-order chi connectivity index (χ1) is 12.7. The number of nitriles is 1. The number of hydrogen-bond donors (Lipinski definition) is 1. The summed E-state index contributed by atoms with van der Waals surface area (Å²) in [6, 6.07) is 2.03. The Kier molecular flexibility index (Phi) is 9.79. The van der Waals surface area contributed by atoms with Gasteiger partial charge in [-0.25, -0.2) is 8.78 Å². The number of ketones is 1. The SMILES string of the molecule is CC1C=C(OCC(F)F)/C(Br)=C\CCN/C(C(=O)C/C(C#N)=C/N(C)C)=C\1. The monoisotopic (exact) mass is 443 g/mol. The first-order valence-corrected chi connectivity index (χ1v) is 9.27. The maximum Gasteiger partial charge on any atom is 0.272 e. The number of carbonyl (C=O) groups excluding carboxylic acids is 1. The zero-order chi connectivity index (χ0) is 20.4. The van der Waals surface area contributed by atoms with Crippen molar-refractivity contribution < 1.29 is 18.3 Å². The quantitative estimate of drug-likeness (QED) is 0.604. The van der Waals surface area contributed by atoms with Crippen LogP contribution in [0.15, 0.2) is 45.9 Å². The molecule has 1 aliphatic rings. The lowest BCUT2D eigenvalue weighted by Crippen LogP contribution is -2.23. The molecule has 0 aliphatic carbocycles. The van der Waals surface area contributed by atoms with Gasteiger partial charge in [0.2, 0.25) is 0 Å². The number of carbonyl (C=O) groups is 1. The van der Waals surface area contributed by atoms with Gasteiger partial charge in [-0.15, -0.1) is 0 Å². The van der Waals surface area contributed by atoms with Crippen LogP contribution in [0.3, 0.4) is 0 Å². The van der Waals surface area contributed by atoms with Gasteiger partial charge in [0.15, 0.2) is 5.78 Å². The lowest BCUT2D eigenvalue weighted by molar-refractivity contribution is -0.115. The summed E-state index contributed by atoms with van der Waals surface area (Å²) in [4.78, 5) is 14.3. The molecule has 0 aromatic heterocycles. The minimum Gasteiger partial charge on any atom is -0.487 e. The van der Waals surface area contributed by atoms with Gasteiger partial charge in [0.25, 0.3) is 6.43 Å². The number of Topliss-reactive ketones (excluding diaryl/α,β-unsaturated/α-hetero) is 1. The van der Waals surface area contributed by atoms with Gasteiger partial charge in [-0.2, -0.15) is 5.26 Å². The largest absolute Gasteiger partial charge is 0.487 e. The van der Waals surface area contributed by atoms with E-state index in [0.29, 0.717) is 34.5 Å². The van der Waals surface area contributed by atoms with Gasteiger partial charge in [-0.1, -0.05) is 19.1 Å². The van der Waals surface area contributed by atoms with Crippen LogP contribution in [0.2, 0.25) is 0 Å². The van der Waals surface area contributed by atoms with Crippen LogP contribution in [0.1, 0.15) is 19.8 Å². The van der Waals surface area contributed by atoms with Crippen LogP contribution in [0, 0.1) is 17.2 Å². The predicted molar refractivity (Wildman–Crippen MR) is 104 cm³/mol. The first-order valence-electron chi connectivity index (χ1n) is 8.47. The molecular weight excluding hydrogens is 420 g/mol. The number of hydrogen-bond acceptors (Lipinski definition) is 5. The molecule has 0 saturated carbocycles. The second kappa shape index (κ2) is 11.5. The molecule has 148 valence electrons. The molecule has 0 aromatic carbocycles. The van der Waals surface area contributed by atoms with Crippen molar-refractivity contribution >= 4 is 21.7 Å². The minimum atomic E-state index is -2.57. The van der Waals surface area contributed by atoms with E-state index < -0.39 is 13.0 Å². The van der Waals surface area contributed by atoms with Gasteiger partial charge in [0.05, 0.1) is 21.8 Å². The Labute approximate surface area is 167 Å². The topological polar surface area (TPSA) is 65.4 Å². The maximum atomic E-state index is 12.6. The number of nitrogens with one attached hydrogen (secondary N) is 1. The average Bonchev–Trinajstić information content (AvgIpc) is 2.59. The van der Waals surface area contributed by atoms with Crippen molar-refractivity contribution in [1.29, 1.82) is 5.26 Å². The molecule has 0 spiro atoms. The predicted octanol–water partition coefficient (Wildman–Crippen LogP) is 3.87. The number of allylic oxidation sites excluding steroid dienone is 5. The third-order valence-electron chi connectivity index (χ3n) is 3.44. The van der Waals surface area contributed by atoms with Gasteiger partial charge in [-0.05, 0) is 34.3 Å². The number of rotatable bonds is 7. The molecular formula is C19H24BrF2N3O2. The van der Waals surface area contributed by atoms with Crippen LogP contribution >= 0.6 is 15.9 Å². The van der Waals surface area contributed by atoms with Gasteiger partial charge in [0.1, 0.15) is 12.4 Å². The smallest absolute Gasteiger partial charge is 0.272 e. The second-order valence-electron chi connectivity index (χ2n) is 6.27. The summed E-state index contributed by atoms with van der Waals surface area (Å²) in [5, 5.41) is 12.3. The normalized spacial score (nSPS) is 22.4. The van der Waals surface area contributed by atoms with E-state index in [0.717, 1.165) is 0 Å². The molecule has 1 aliphatic heterocycles. The second-order valence-corrected chi connectivity index (χ2v) is 7.12. The summed E-state index contributed by atoms with van der Waals surface area (Å²) in [6.45, 7) is 1.61. The van der Waals surface area contributed by atoms with Crippen LogP contribution in [-0.4, -0.2) is 44.4 Å². The average molecular weight is 444 g/mol. The van der Waals surface area contributed by atoms with Crippen LogP contribution in [0.4, 0.5) is 8.78 Å². The molecule has 0 amide bonds. The van der Waals surface area contributed by atoms with E-state index in [1.807, 2.05) is 13.0 Å². The van der Waals surface area contributed by atoms with E-state index in [2.05, 4.69) is 21.2 Å². The third kappa shape index (κ3) is 8.87. The number of ether oxygens (including phenoxy) is 1. The zero-order valence-corrected chi connectivity index (χ0v) is 17.2. The fourth-order valence-electron chi connectivity index (χ4n) is 2.35. The molecule has 0 saturated heterocycles. The van der Waals surface area contributed by atoms with Crippen molar-refractivity contribution in [3.8, 4) is 6.07 Å². The fourth-order valence-corrected chi connectivity index (χ4v) is 2.83. The summed E-state index contributed by atoms with van der Waals surface area (Å²) < 4.78 is 30.7. The Bertz CT molecular complexity index is 692. The van der Waals surface area contributed by atoms with Crippen molar-refractivity contribution in [2.24, 2.45) is 5.92 Å². The maximum absolute atomic E-state index is 12.6. The summed E-state index contributed by atoms with van der Waals surface area (Å²) >= 11 is 3.35. The molecule has 1 rings (SSSR count). The summed E-state index contributed by atoms with van der Waals surface area (Å²) in [5.41, 5.74) is 0.759. The molecule has 0 bridgehead atoms. The number of halogens is 3. The molecule has 27 heavy (non-hydrogen) atoms. The third-order valence-corrected chi connectivity index (χ3v) is 4.15. The molecule has 1 unspecified atom stereocenters. The molecule has 0 fully saturated rings. The van der Waals surface area contributed by atoms with Crippen LogP contribution < -0.4 is 5.32 Å². The summed E-state index contributed by atoms with van der Waals surface area (Å²) in [5.74, 6) is -0.131. The number of nitrogens with zero attached hydrogens (tertiary/aromatic N) is 2. The van der Waals surface area contributed by atoms with Crippen molar-refractivity contribution in [2.75, 3.05) is 27.2 Å². The van der Waals surface area contributed by atoms with E-state index in [-0.39, 0.29) is 18.1 Å². The van der Waals surface area contributed by atoms with Crippen molar-refractivity contribution in [3.05, 3.63) is 45.9 Å². The van der Waals surface area contributed by atoms with Crippen molar-refractivity contribution in [2.45, 2.75) is 26.2 Å². The minimum absolute atomic E-state index is 0.0157. The van der Waals surface area contributed by atoms with E-state index in [4.69, 9.17) is 4.74 Å². The summed E-state index contributed by atoms with van der Waals surface area (Å²) in [6.07, 6.45) is 4.77. The first kappa shape index (κ1) is 22.9. The molecule has 8 heteroatoms. The number of alkyl halides is 2. The highest BCUT2D eigenvalue weighted by Crippen LogP contribution is 2.23. The lowest BCUT2D eigenvalue weighted by Gasteiger charge is -2.16. The van der Waals surface area contributed by atoms with Crippen LogP contribution in [0.25, 0.3) is 0 Å². The fraction of sp³-hybridized carbons (Fsp3) is 0.474. The van der Waals surface area contributed by atoms with Crippen molar-refractivity contribution in [3.63, 3.8) is 0 Å². The Hall–Kier alpha value is -2.14. The highest BCUT2D eigenvalue weighted by molar-refractivity contribution is 9.11. The van der Waals surface area contributed by atoms with Gasteiger partial charge < -0.3 is 15.0 Å². The Balaban J connectivity index is 3.03. The molecule has 1 N–H and O–H groups in total. The van der Waals surface area contributed by atoms with Gasteiger partial charge >= 0.3 is 0 Å². The molecule has 0 radical (unpaired) electrons. The highest BCUT2D eigenvalue weighted by atomic mass is 79.9. The van der Waals surface area contributed by atoms with E-state index in [1.54, 1.807) is 43.4 Å². The molecule has 5 nitrogen and oxygen atoms in total. The van der Waals surface area contributed by atoms with E-state index >= 15 is 0 Å². The Morgan fingerprint density at radius 2 is 2.22 bits per heavy atom. The van der Waals surface area contributed by atoms with Crippen LogP contribution in [-0.2, 0) is 9.53 Å². The molecule has 1 atom stereocenters. The van der Waals surface area contributed by atoms with Gasteiger partial charge in [-0.3, -0.25) is 4.79 Å². The summed E-state index contributed by atoms with van der Waals surface area (Å²) in [7, 11) is 3.56. The lowest BCUT2D eigenvalue weighted by atomic mass is 10.0. The Morgan fingerprint density at radius 1 is 1.52 bits per heavy atom. The zero-order valence-electron chi connectivity index (χ0n) is 15.6. The van der Waals surface area contributed by atoms with E-state index in [9.17, 15) is 18.8 Å². The van der Waals surface area contributed by atoms with E-state index in [1.165, 1.54) is 0 Å². The van der Waals surface area contributed by atoms with Gasteiger partial charge in [0, 0.05) is 33.3 Å².